The number of rotatable bonds is 10. The first kappa shape index (κ1) is 24.6. The van der Waals surface area contributed by atoms with Crippen molar-refractivity contribution in [2.75, 3.05) is 17.7 Å². The quantitative estimate of drug-likeness (QED) is 0.149. The predicted octanol–water partition coefficient (Wildman–Crippen LogP) is 0.812. The summed E-state index contributed by atoms with van der Waals surface area (Å²) >= 11 is 0. The van der Waals surface area contributed by atoms with Crippen LogP contribution in [-0.2, 0) is 6.54 Å². The normalized spacial score (nSPS) is 10.9. The van der Waals surface area contributed by atoms with Gasteiger partial charge < -0.3 is 26.6 Å². The van der Waals surface area contributed by atoms with Gasteiger partial charge in [0.1, 0.15) is 0 Å². The fourth-order valence-corrected chi connectivity index (χ4v) is 3.28. The topological polar surface area (TPSA) is 222 Å². The Hall–Kier alpha value is -5.47. The van der Waals surface area contributed by atoms with Crippen molar-refractivity contribution < 1.29 is 24.1 Å². The molecule has 0 spiro atoms. The van der Waals surface area contributed by atoms with Crippen LogP contribution in [0.5, 0.6) is 11.5 Å². The first-order valence-corrected chi connectivity index (χ1v) is 10.8. The van der Waals surface area contributed by atoms with Crippen molar-refractivity contribution in [1.29, 1.82) is 0 Å². The summed E-state index contributed by atoms with van der Waals surface area (Å²) < 4.78 is 11.2. The van der Waals surface area contributed by atoms with Gasteiger partial charge in [0.05, 0.1) is 30.6 Å². The summed E-state index contributed by atoms with van der Waals surface area (Å²) in [6.45, 7) is 2.12. The van der Waals surface area contributed by atoms with Gasteiger partial charge >= 0.3 is 0 Å². The maximum Gasteiger partial charge on any atom is 0.293 e. The summed E-state index contributed by atoms with van der Waals surface area (Å²) in [7, 11) is 0. The number of nitrogens with zero attached hydrogens (tertiary/aromatic N) is 6. The number of nitrogens with one attached hydrogen (secondary N) is 2. The summed E-state index contributed by atoms with van der Waals surface area (Å²) in [5, 5.41) is 31.9. The number of aromatic hydroxyl groups is 1. The van der Waals surface area contributed by atoms with E-state index in [0.717, 1.165) is 0 Å². The highest BCUT2D eigenvalue weighted by molar-refractivity contribution is 5.98. The number of phenols is 1. The second-order valence-electron chi connectivity index (χ2n) is 7.39. The van der Waals surface area contributed by atoms with Crippen LogP contribution >= 0.6 is 0 Å². The summed E-state index contributed by atoms with van der Waals surface area (Å²) in [6.07, 6.45) is 1.37. The number of carbonyl (C=O) groups is 2. The Bertz CT molecular complexity index is 1460. The lowest BCUT2D eigenvalue weighted by atomic mass is 10.1. The van der Waals surface area contributed by atoms with Gasteiger partial charge in [-0.1, -0.05) is 17.3 Å². The molecule has 7 N–H and O–H groups in total. The third-order valence-electron chi connectivity index (χ3n) is 4.98. The highest BCUT2D eigenvalue weighted by Gasteiger charge is 2.24. The number of anilines is 2. The molecule has 0 radical (unpaired) electrons. The van der Waals surface area contributed by atoms with E-state index in [1.807, 2.05) is 0 Å². The number of benzene rings is 2. The number of ether oxygens (including phenoxy) is 1. The summed E-state index contributed by atoms with van der Waals surface area (Å²) in [5.74, 6) is -1.12. The van der Waals surface area contributed by atoms with E-state index >= 15 is 0 Å². The van der Waals surface area contributed by atoms with Gasteiger partial charge in [0.15, 0.2) is 17.2 Å². The minimum atomic E-state index is -0.693. The molecule has 2 aromatic carbocycles. The fraction of sp³-hybridized carbons (Fsp3) is 0.136. The van der Waals surface area contributed by atoms with Crippen molar-refractivity contribution in [2.24, 2.45) is 10.8 Å². The van der Waals surface area contributed by atoms with Gasteiger partial charge in [0.25, 0.3) is 11.8 Å². The lowest BCUT2D eigenvalue weighted by Gasteiger charge is -2.11. The smallest absolute Gasteiger partial charge is 0.293 e. The van der Waals surface area contributed by atoms with Crippen molar-refractivity contribution in [3.05, 3.63) is 65.0 Å². The van der Waals surface area contributed by atoms with Crippen molar-refractivity contribution in [3.63, 3.8) is 0 Å². The maximum atomic E-state index is 12.9. The molecule has 4 aromatic rings. The molecule has 37 heavy (non-hydrogen) atoms. The average Bonchev–Trinajstić information content (AvgIpc) is 3.50. The van der Waals surface area contributed by atoms with E-state index in [9.17, 15) is 14.7 Å². The molecule has 0 saturated heterocycles. The molecule has 0 aliphatic carbocycles. The Labute approximate surface area is 209 Å². The zero-order valence-electron chi connectivity index (χ0n) is 19.5. The Balaban J connectivity index is 1.58. The van der Waals surface area contributed by atoms with Gasteiger partial charge in [0.2, 0.25) is 11.6 Å². The first-order valence-electron chi connectivity index (χ1n) is 10.8. The maximum absolute atomic E-state index is 12.9. The molecular formula is C22H22N10O5. The molecule has 15 nitrogen and oxygen atoms in total. The lowest BCUT2D eigenvalue weighted by molar-refractivity contribution is 0.0947. The van der Waals surface area contributed by atoms with E-state index in [-0.39, 0.29) is 46.6 Å². The zero-order valence-corrected chi connectivity index (χ0v) is 19.5. The van der Waals surface area contributed by atoms with E-state index < -0.39 is 11.8 Å². The van der Waals surface area contributed by atoms with Crippen LogP contribution in [0.3, 0.4) is 0 Å². The molecular weight excluding hydrogens is 484 g/mol. The number of amides is 2. The van der Waals surface area contributed by atoms with Gasteiger partial charge in [0, 0.05) is 5.69 Å². The van der Waals surface area contributed by atoms with Gasteiger partial charge in [-0.15, -0.1) is 5.10 Å². The number of primary amides is 1. The molecule has 0 unspecified atom stereocenters. The van der Waals surface area contributed by atoms with E-state index in [0.29, 0.717) is 17.9 Å². The van der Waals surface area contributed by atoms with Crippen molar-refractivity contribution in [1.82, 2.24) is 30.7 Å². The Kier molecular flexibility index (Phi) is 7.23. The molecule has 15 heteroatoms. The number of hydrazone groups is 1. The van der Waals surface area contributed by atoms with Crippen molar-refractivity contribution >= 4 is 29.5 Å². The molecule has 0 fully saturated rings. The van der Waals surface area contributed by atoms with E-state index in [2.05, 4.69) is 41.1 Å². The van der Waals surface area contributed by atoms with Crippen LogP contribution in [0, 0.1) is 0 Å². The van der Waals surface area contributed by atoms with E-state index in [1.54, 1.807) is 43.3 Å². The zero-order chi connectivity index (χ0) is 26.4. The van der Waals surface area contributed by atoms with Crippen LogP contribution in [0.25, 0.3) is 5.82 Å². The number of carbonyl (C=O) groups excluding carboxylic acids is 2. The second kappa shape index (κ2) is 10.9. The van der Waals surface area contributed by atoms with Gasteiger partial charge in [-0.3, -0.25) is 9.59 Å². The van der Waals surface area contributed by atoms with Crippen molar-refractivity contribution in [3.8, 4) is 17.3 Å². The Morgan fingerprint density at radius 1 is 1.24 bits per heavy atom. The number of aromatic nitrogens is 5. The molecule has 190 valence electrons. The standard InChI is InChI=1S/C22H22N10O5/c1-2-36-17-9-12(7-8-16(17)33)10-26-28-22(35)18-15(32(31-27-18)21-19(23)29-37-30-21)11-25-14-6-4-3-5-13(14)20(24)34/h3-10,25,33H,2,11H2,1H3,(H2,23,29)(H2,24,34)(H,28,35)/b26-10+. The lowest BCUT2D eigenvalue weighted by Crippen LogP contribution is -2.22. The molecule has 0 aliphatic rings. The molecule has 0 bridgehead atoms. The van der Waals surface area contributed by atoms with Crippen LogP contribution in [-0.4, -0.2) is 55.0 Å². The van der Waals surface area contributed by atoms with Crippen LogP contribution < -0.4 is 26.9 Å². The molecule has 2 heterocycles. The molecule has 2 aromatic heterocycles. The number of hydrogen-bond acceptors (Lipinski definition) is 12. The number of para-hydroxylation sites is 1. The average molecular weight is 506 g/mol. The van der Waals surface area contributed by atoms with Gasteiger partial charge in [-0.05, 0) is 53.1 Å². The van der Waals surface area contributed by atoms with Crippen LogP contribution in [0.4, 0.5) is 11.5 Å². The van der Waals surface area contributed by atoms with Crippen LogP contribution in [0.2, 0.25) is 0 Å². The minimum Gasteiger partial charge on any atom is -0.504 e. The van der Waals surface area contributed by atoms with Crippen molar-refractivity contribution in [2.45, 2.75) is 13.5 Å². The minimum absolute atomic E-state index is 0.0163. The number of nitrogens with two attached hydrogens (primary N) is 2. The Morgan fingerprint density at radius 3 is 2.78 bits per heavy atom. The van der Waals surface area contributed by atoms with E-state index in [1.165, 1.54) is 17.0 Å². The number of hydrogen-bond donors (Lipinski definition) is 5. The van der Waals surface area contributed by atoms with Crippen LogP contribution in [0.15, 0.2) is 52.2 Å². The highest BCUT2D eigenvalue weighted by atomic mass is 16.6. The van der Waals surface area contributed by atoms with E-state index in [4.69, 9.17) is 16.2 Å². The highest BCUT2D eigenvalue weighted by Crippen LogP contribution is 2.26. The summed E-state index contributed by atoms with van der Waals surface area (Å²) in [6, 6.07) is 11.2. The second-order valence-corrected chi connectivity index (χ2v) is 7.39. The predicted molar refractivity (Wildman–Crippen MR) is 130 cm³/mol. The third-order valence-corrected chi connectivity index (χ3v) is 4.98. The summed E-state index contributed by atoms with van der Waals surface area (Å²) in [4.78, 5) is 24.7. The van der Waals surface area contributed by atoms with Crippen LogP contribution in [0.1, 0.15) is 39.0 Å². The Morgan fingerprint density at radius 2 is 2.05 bits per heavy atom. The third kappa shape index (κ3) is 5.45. The fourth-order valence-electron chi connectivity index (χ4n) is 3.28. The van der Waals surface area contributed by atoms with Gasteiger partial charge in [-0.2, -0.15) is 9.78 Å². The first-order chi connectivity index (χ1) is 17.9. The largest absolute Gasteiger partial charge is 0.504 e. The number of nitrogen functional groups attached to an aromatic ring is 1. The molecule has 0 aliphatic heterocycles. The monoisotopic (exact) mass is 506 g/mol. The van der Waals surface area contributed by atoms with Gasteiger partial charge in [-0.25, -0.2) is 10.1 Å². The molecule has 4 rings (SSSR count). The SMILES string of the molecule is CCOc1cc(/C=N/NC(=O)c2nnn(-c3nonc3N)c2CNc2ccccc2C(N)=O)ccc1O. The number of phenolic OH excluding ortho intramolecular Hbond substituents is 1. The molecule has 2 amide bonds. The molecule has 0 atom stereocenters. The molecule has 0 saturated carbocycles. The summed E-state index contributed by atoms with van der Waals surface area (Å²) in [5.41, 5.74) is 15.0.